The van der Waals surface area contributed by atoms with Gasteiger partial charge >= 0.3 is 0 Å². The Labute approximate surface area is 120 Å². The Morgan fingerprint density at radius 3 is 2.72 bits per heavy atom. The molecule has 1 heterocycles. The van der Waals surface area contributed by atoms with E-state index >= 15 is 0 Å². The van der Waals surface area contributed by atoms with Crippen LogP contribution in [0.4, 0.5) is 0 Å². The number of carbonyl (C=O) groups excluding carboxylic acids is 2. The minimum Gasteiger partial charge on any atom is -0.369 e. The van der Waals surface area contributed by atoms with Crippen LogP contribution in [0, 0.1) is 8.99 Å². The predicted octanol–water partition coefficient (Wildman–Crippen LogP) is 1.63. The summed E-state index contributed by atoms with van der Waals surface area (Å²) in [5.74, 6) is -0.362. The lowest BCUT2D eigenvalue weighted by Gasteiger charge is -2.21. The molecule has 0 bridgehead atoms. The van der Waals surface area contributed by atoms with E-state index in [1.165, 1.54) is 0 Å². The summed E-state index contributed by atoms with van der Waals surface area (Å²) in [5.41, 5.74) is 5.46. The fourth-order valence-corrected chi connectivity index (χ4v) is 2.68. The van der Waals surface area contributed by atoms with Gasteiger partial charge in [-0.25, -0.2) is 0 Å². The molecule has 1 saturated heterocycles. The van der Waals surface area contributed by atoms with Crippen molar-refractivity contribution in [3.05, 3.63) is 33.4 Å². The first-order chi connectivity index (χ1) is 8.42. The molecule has 0 spiro atoms. The molecular weight excluding hydrogens is 343 g/mol. The van der Waals surface area contributed by atoms with Crippen LogP contribution in [0.3, 0.4) is 0 Å². The number of nitrogens with two attached hydrogens (primary N) is 1. The SMILES string of the molecule is CC1(C(N)=O)CCN(C(=O)c2cccc(I)c2)C1. The second-order valence-corrected chi connectivity index (χ2v) is 6.16. The van der Waals surface area contributed by atoms with E-state index in [9.17, 15) is 9.59 Å². The number of likely N-dealkylation sites (tertiary alicyclic amines) is 1. The van der Waals surface area contributed by atoms with Gasteiger partial charge < -0.3 is 10.6 Å². The maximum Gasteiger partial charge on any atom is 0.253 e. The molecule has 1 atom stereocenters. The number of nitrogens with zero attached hydrogens (tertiary/aromatic N) is 1. The first kappa shape index (κ1) is 13.3. The van der Waals surface area contributed by atoms with Gasteiger partial charge in [0.1, 0.15) is 0 Å². The van der Waals surface area contributed by atoms with E-state index in [0.29, 0.717) is 25.1 Å². The van der Waals surface area contributed by atoms with E-state index in [2.05, 4.69) is 22.6 Å². The summed E-state index contributed by atoms with van der Waals surface area (Å²) < 4.78 is 1.02. The van der Waals surface area contributed by atoms with Crippen LogP contribution in [0.15, 0.2) is 24.3 Å². The zero-order valence-corrected chi connectivity index (χ0v) is 12.3. The molecule has 1 aliphatic rings. The number of benzene rings is 1. The Morgan fingerprint density at radius 1 is 1.44 bits per heavy atom. The predicted molar refractivity (Wildman–Crippen MR) is 77.0 cm³/mol. The summed E-state index contributed by atoms with van der Waals surface area (Å²) in [6.07, 6.45) is 0.637. The highest BCUT2D eigenvalue weighted by molar-refractivity contribution is 14.1. The van der Waals surface area contributed by atoms with Crippen molar-refractivity contribution in [1.82, 2.24) is 4.90 Å². The highest BCUT2D eigenvalue weighted by Crippen LogP contribution is 2.30. The molecule has 18 heavy (non-hydrogen) atoms. The first-order valence-electron chi connectivity index (χ1n) is 5.77. The van der Waals surface area contributed by atoms with Gasteiger partial charge in [0.2, 0.25) is 5.91 Å². The van der Waals surface area contributed by atoms with Crippen molar-refractivity contribution in [3.8, 4) is 0 Å². The maximum absolute atomic E-state index is 12.3. The van der Waals surface area contributed by atoms with Gasteiger partial charge in [0.05, 0.1) is 5.41 Å². The van der Waals surface area contributed by atoms with E-state index in [4.69, 9.17) is 5.73 Å². The van der Waals surface area contributed by atoms with Crippen molar-refractivity contribution in [2.75, 3.05) is 13.1 Å². The molecule has 0 radical (unpaired) electrons. The minimum atomic E-state index is -0.586. The quantitative estimate of drug-likeness (QED) is 0.817. The fraction of sp³-hybridized carbons (Fsp3) is 0.385. The number of carbonyl (C=O) groups is 2. The van der Waals surface area contributed by atoms with Crippen LogP contribution in [0.1, 0.15) is 23.7 Å². The molecule has 1 aromatic carbocycles. The maximum atomic E-state index is 12.3. The van der Waals surface area contributed by atoms with Crippen LogP contribution in [-0.4, -0.2) is 29.8 Å². The van der Waals surface area contributed by atoms with E-state index < -0.39 is 5.41 Å². The zero-order chi connectivity index (χ0) is 13.3. The lowest BCUT2D eigenvalue weighted by atomic mass is 9.89. The van der Waals surface area contributed by atoms with Gasteiger partial charge in [0.15, 0.2) is 0 Å². The molecule has 0 saturated carbocycles. The number of hydrogen-bond acceptors (Lipinski definition) is 2. The standard InChI is InChI=1S/C13H15IN2O2/c1-13(12(15)18)5-6-16(8-13)11(17)9-3-2-4-10(14)7-9/h2-4,7H,5-6,8H2,1H3,(H2,15,18). The van der Waals surface area contributed by atoms with Crippen LogP contribution < -0.4 is 5.73 Å². The van der Waals surface area contributed by atoms with Gasteiger partial charge in [-0.05, 0) is 54.1 Å². The molecule has 5 heteroatoms. The molecule has 2 amide bonds. The van der Waals surface area contributed by atoms with Gasteiger partial charge in [-0.15, -0.1) is 0 Å². The number of hydrogen-bond donors (Lipinski definition) is 1. The van der Waals surface area contributed by atoms with Crippen LogP contribution >= 0.6 is 22.6 Å². The Hall–Kier alpha value is -1.11. The molecule has 96 valence electrons. The van der Waals surface area contributed by atoms with Crippen molar-refractivity contribution < 1.29 is 9.59 Å². The van der Waals surface area contributed by atoms with E-state index in [1.807, 2.05) is 25.1 Å². The number of amides is 2. The zero-order valence-electron chi connectivity index (χ0n) is 10.1. The second-order valence-electron chi connectivity index (χ2n) is 4.91. The van der Waals surface area contributed by atoms with Gasteiger partial charge in [0, 0.05) is 22.2 Å². The molecule has 1 fully saturated rings. The van der Waals surface area contributed by atoms with Crippen LogP contribution in [0.25, 0.3) is 0 Å². The monoisotopic (exact) mass is 358 g/mol. The minimum absolute atomic E-state index is 0.0292. The number of halogens is 1. The molecule has 4 nitrogen and oxygen atoms in total. The van der Waals surface area contributed by atoms with Gasteiger partial charge in [-0.2, -0.15) is 0 Å². The summed E-state index contributed by atoms with van der Waals surface area (Å²) in [6.45, 7) is 2.81. The Balaban J connectivity index is 2.15. The molecule has 2 N–H and O–H groups in total. The smallest absolute Gasteiger partial charge is 0.253 e. The molecule has 0 aliphatic carbocycles. The number of primary amides is 1. The second kappa shape index (κ2) is 4.87. The van der Waals surface area contributed by atoms with Crippen molar-refractivity contribution in [2.45, 2.75) is 13.3 Å². The summed E-state index contributed by atoms with van der Waals surface area (Å²) in [5, 5.41) is 0. The molecule has 1 aromatic rings. The van der Waals surface area contributed by atoms with Crippen molar-refractivity contribution in [3.63, 3.8) is 0 Å². The van der Waals surface area contributed by atoms with Gasteiger partial charge in [-0.3, -0.25) is 9.59 Å². The van der Waals surface area contributed by atoms with Crippen LogP contribution in [0.5, 0.6) is 0 Å². The van der Waals surface area contributed by atoms with E-state index in [-0.39, 0.29) is 11.8 Å². The topological polar surface area (TPSA) is 63.4 Å². The average Bonchev–Trinajstić information content (AvgIpc) is 2.72. The highest BCUT2D eigenvalue weighted by atomic mass is 127. The first-order valence-corrected chi connectivity index (χ1v) is 6.85. The lowest BCUT2D eigenvalue weighted by molar-refractivity contribution is -0.126. The molecular formula is C13H15IN2O2. The van der Waals surface area contributed by atoms with Crippen molar-refractivity contribution in [2.24, 2.45) is 11.1 Å². The molecule has 1 unspecified atom stereocenters. The Morgan fingerprint density at radius 2 is 2.17 bits per heavy atom. The third-order valence-electron chi connectivity index (χ3n) is 3.43. The normalized spacial score (nSPS) is 23.1. The molecule has 2 rings (SSSR count). The van der Waals surface area contributed by atoms with Crippen molar-refractivity contribution >= 4 is 34.4 Å². The third-order valence-corrected chi connectivity index (χ3v) is 4.10. The number of rotatable bonds is 2. The Kier molecular flexibility index (Phi) is 3.61. The summed E-state index contributed by atoms with van der Waals surface area (Å²) in [6, 6.07) is 7.44. The fourth-order valence-electron chi connectivity index (χ4n) is 2.14. The molecule has 1 aliphatic heterocycles. The Bertz CT molecular complexity index is 504. The van der Waals surface area contributed by atoms with E-state index in [0.717, 1.165) is 3.57 Å². The molecule has 0 aromatic heterocycles. The summed E-state index contributed by atoms with van der Waals surface area (Å²) in [7, 11) is 0. The van der Waals surface area contributed by atoms with Crippen LogP contribution in [0.2, 0.25) is 0 Å². The van der Waals surface area contributed by atoms with E-state index in [1.54, 1.807) is 11.0 Å². The summed E-state index contributed by atoms with van der Waals surface area (Å²) >= 11 is 2.17. The average molecular weight is 358 g/mol. The van der Waals surface area contributed by atoms with Crippen LogP contribution in [-0.2, 0) is 4.79 Å². The summed E-state index contributed by atoms with van der Waals surface area (Å²) in [4.78, 5) is 25.3. The van der Waals surface area contributed by atoms with Gasteiger partial charge in [0.25, 0.3) is 5.91 Å². The van der Waals surface area contributed by atoms with Crippen molar-refractivity contribution in [1.29, 1.82) is 0 Å². The van der Waals surface area contributed by atoms with Gasteiger partial charge in [-0.1, -0.05) is 6.07 Å². The highest BCUT2D eigenvalue weighted by Gasteiger charge is 2.40. The largest absolute Gasteiger partial charge is 0.369 e. The lowest BCUT2D eigenvalue weighted by Crippen LogP contribution is -2.38. The third kappa shape index (κ3) is 2.50.